The van der Waals surface area contributed by atoms with Gasteiger partial charge in [-0.2, -0.15) is 0 Å². The monoisotopic (exact) mass is 458 g/mol. The van der Waals surface area contributed by atoms with Crippen LogP contribution in [0.2, 0.25) is 5.02 Å². The lowest BCUT2D eigenvalue weighted by atomic mass is 9.97. The Morgan fingerprint density at radius 3 is 2.68 bits per heavy atom. The van der Waals surface area contributed by atoms with Crippen molar-refractivity contribution in [2.75, 3.05) is 24.6 Å². The van der Waals surface area contributed by atoms with Crippen LogP contribution >= 0.6 is 11.6 Å². The van der Waals surface area contributed by atoms with E-state index in [2.05, 4.69) is 4.98 Å². The minimum Gasteiger partial charge on any atom is -0.466 e. The number of esters is 1. The highest BCUT2D eigenvalue weighted by Crippen LogP contribution is 2.38. The van der Waals surface area contributed by atoms with E-state index < -0.39 is 9.84 Å². The minimum absolute atomic E-state index is 0.123. The number of carbonyl (C=O) groups excluding carboxylic acids is 1. The molecule has 0 N–H and O–H groups in total. The van der Waals surface area contributed by atoms with Crippen molar-refractivity contribution in [3.63, 3.8) is 0 Å². The zero-order valence-electron chi connectivity index (χ0n) is 17.1. The molecule has 2 aromatic carbocycles. The van der Waals surface area contributed by atoms with Crippen LogP contribution in [0.3, 0.4) is 0 Å². The van der Waals surface area contributed by atoms with Crippen LogP contribution < -0.4 is 4.90 Å². The van der Waals surface area contributed by atoms with Crippen molar-refractivity contribution in [1.82, 2.24) is 4.98 Å². The Morgan fingerprint density at radius 1 is 1.19 bits per heavy atom. The highest BCUT2D eigenvalue weighted by Gasteiger charge is 2.32. The summed E-state index contributed by atoms with van der Waals surface area (Å²) in [4.78, 5) is 19.0. The number of rotatable bonds is 5. The second-order valence-electron chi connectivity index (χ2n) is 7.48. The molecular weight excluding hydrogens is 436 g/mol. The molecule has 0 bridgehead atoms. The molecule has 1 fully saturated rings. The summed E-state index contributed by atoms with van der Waals surface area (Å²) < 4.78 is 32.4. The summed E-state index contributed by atoms with van der Waals surface area (Å²) in [7, 11) is -3.85. The summed E-state index contributed by atoms with van der Waals surface area (Å²) in [6, 6.07) is 13.5. The van der Waals surface area contributed by atoms with Crippen molar-refractivity contribution in [2.24, 2.45) is 5.92 Å². The maximum atomic E-state index is 13.6. The average molecular weight is 459 g/mol. The maximum absolute atomic E-state index is 13.6. The van der Waals surface area contributed by atoms with Crippen molar-refractivity contribution in [1.29, 1.82) is 0 Å². The molecule has 1 atom stereocenters. The van der Waals surface area contributed by atoms with Crippen LogP contribution in [0.1, 0.15) is 19.8 Å². The Bertz CT molecular complexity index is 1210. The molecule has 6 nitrogen and oxygen atoms in total. The fourth-order valence-corrected chi connectivity index (χ4v) is 5.56. The minimum atomic E-state index is -3.85. The molecule has 0 radical (unpaired) electrons. The Hall–Kier alpha value is -2.64. The summed E-state index contributed by atoms with van der Waals surface area (Å²) >= 11 is 5.95. The van der Waals surface area contributed by atoms with Crippen molar-refractivity contribution < 1.29 is 17.9 Å². The number of ether oxygens (including phenoxy) is 1. The van der Waals surface area contributed by atoms with E-state index in [1.165, 1.54) is 18.3 Å². The quantitative estimate of drug-likeness (QED) is 0.524. The van der Waals surface area contributed by atoms with Gasteiger partial charge in [-0.05, 0) is 50.1 Å². The second-order valence-corrected chi connectivity index (χ2v) is 9.84. The first-order chi connectivity index (χ1) is 14.9. The molecule has 0 saturated carbocycles. The molecule has 4 rings (SSSR count). The predicted molar refractivity (Wildman–Crippen MR) is 120 cm³/mol. The summed E-state index contributed by atoms with van der Waals surface area (Å²) in [5, 5.41) is 1.20. The van der Waals surface area contributed by atoms with Gasteiger partial charge in [0, 0.05) is 29.7 Å². The first-order valence-electron chi connectivity index (χ1n) is 10.2. The molecule has 1 aliphatic rings. The SMILES string of the molecule is CCOC(=O)[C@@H]1CCCN(c2c(S(=O)(=O)c3ccc(Cl)cc3)cnc3ccccc23)C1. The van der Waals surface area contributed by atoms with Gasteiger partial charge in [0.25, 0.3) is 0 Å². The van der Waals surface area contributed by atoms with Gasteiger partial charge in [0.05, 0.1) is 28.6 Å². The molecule has 0 unspecified atom stereocenters. The molecule has 1 saturated heterocycles. The number of para-hydroxylation sites is 1. The topological polar surface area (TPSA) is 76.6 Å². The lowest BCUT2D eigenvalue weighted by Crippen LogP contribution is -2.40. The third-order valence-electron chi connectivity index (χ3n) is 5.48. The summed E-state index contributed by atoms with van der Waals surface area (Å²) in [6.07, 6.45) is 2.90. The van der Waals surface area contributed by atoms with Gasteiger partial charge in [0.2, 0.25) is 9.84 Å². The number of halogens is 1. The molecule has 0 amide bonds. The molecular formula is C23H23ClN2O4S. The Morgan fingerprint density at radius 2 is 1.94 bits per heavy atom. The first kappa shape index (κ1) is 21.6. The summed E-state index contributed by atoms with van der Waals surface area (Å²) in [5.74, 6) is -0.542. The number of hydrogen-bond acceptors (Lipinski definition) is 6. The number of fused-ring (bicyclic) bond motifs is 1. The van der Waals surface area contributed by atoms with E-state index in [-0.39, 0.29) is 21.7 Å². The maximum Gasteiger partial charge on any atom is 0.310 e. The molecule has 162 valence electrons. The van der Waals surface area contributed by atoms with Gasteiger partial charge in [0.1, 0.15) is 4.90 Å². The third kappa shape index (κ3) is 4.25. The van der Waals surface area contributed by atoms with E-state index in [1.54, 1.807) is 19.1 Å². The van der Waals surface area contributed by atoms with Crippen molar-refractivity contribution >= 4 is 44.0 Å². The van der Waals surface area contributed by atoms with E-state index >= 15 is 0 Å². The third-order valence-corrected chi connectivity index (χ3v) is 7.51. The van der Waals surface area contributed by atoms with Gasteiger partial charge in [-0.3, -0.25) is 9.78 Å². The molecule has 1 aliphatic heterocycles. The zero-order valence-corrected chi connectivity index (χ0v) is 18.7. The van der Waals surface area contributed by atoms with Gasteiger partial charge in [-0.15, -0.1) is 0 Å². The number of carbonyl (C=O) groups is 1. The standard InChI is InChI=1S/C23H23ClN2O4S/c1-2-30-23(27)16-6-5-13-26(15-16)22-19-7-3-4-8-20(19)25-14-21(22)31(28,29)18-11-9-17(24)10-12-18/h3-4,7-12,14,16H,2,5-6,13,15H2,1H3/t16-/m1/s1. The molecule has 3 aromatic rings. The number of sulfone groups is 1. The van der Waals surface area contributed by atoms with Gasteiger partial charge in [-0.25, -0.2) is 8.42 Å². The van der Waals surface area contributed by atoms with Crippen molar-refractivity contribution in [2.45, 2.75) is 29.6 Å². The summed E-state index contributed by atoms with van der Waals surface area (Å²) in [5.41, 5.74) is 1.28. The van der Waals surface area contributed by atoms with Gasteiger partial charge < -0.3 is 9.64 Å². The number of pyridine rings is 1. The van der Waals surface area contributed by atoms with E-state index in [9.17, 15) is 13.2 Å². The lowest BCUT2D eigenvalue weighted by Gasteiger charge is -2.35. The highest BCUT2D eigenvalue weighted by atomic mass is 35.5. The Balaban J connectivity index is 1.85. The Labute approximate surface area is 186 Å². The number of hydrogen-bond donors (Lipinski definition) is 0. The fourth-order valence-electron chi connectivity index (χ4n) is 4.00. The first-order valence-corrected chi connectivity index (χ1v) is 12.1. The van der Waals surface area contributed by atoms with Gasteiger partial charge in [-0.1, -0.05) is 29.8 Å². The Kier molecular flexibility index (Phi) is 6.16. The number of aromatic nitrogens is 1. The number of anilines is 1. The largest absolute Gasteiger partial charge is 0.466 e. The van der Waals surface area contributed by atoms with Gasteiger partial charge in [0.15, 0.2) is 0 Å². The van der Waals surface area contributed by atoms with Crippen molar-refractivity contribution in [3.8, 4) is 0 Å². The van der Waals surface area contributed by atoms with Crippen LogP contribution in [-0.4, -0.2) is 39.1 Å². The average Bonchev–Trinajstić information content (AvgIpc) is 2.79. The molecule has 0 spiro atoms. The van der Waals surface area contributed by atoms with Crippen LogP contribution in [0.5, 0.6) is 0 Å². The van der Waals surface area contributed by atoms with Crippen LogP contribution in [0.4, 0.5) is 5.69 Å². The molecule has 8 heteroatoms. The summed E-state index contributed by atoms with van der Waals surface area (Å²) in [6.45, 7) is 3.15. The number of nitrogens with zero attached hydrogens (tertiary/aromatic N) is 2. The zero-order chi connectivity index (χ0) is 22.0. The van der Waals surface area contributed by atoms with Crippen LogP contribution in [-0.2, 0) is 19.4 Å². The normalized spacial score (nSPS) is 17.0. The van der Waals surface area contributed by atoms with E-state index in [1.807, 2.05) is 29.2 Å². The van der Waals surface area contributed by atoms with E-state index in [0.717, 1.165) is 18.2 Å². The second kappa shape index (κ2) is 8.85. The molecule has 2 heterocycles. The number of benzene rings is 2. The van der Waals surface area contributed by atoms with Crippen LogP contribution in [0.15, 0.2) is 64.5 Å². The van der Waals surface area contributed by atoms with E-state index in [0.29, 0.717) is 35.9 Å². The van der Waals surface area contributed by atoms with Crippen molar-refractivity contribution in [3.05, 3.63) is 59.8 Å². The lowest BCUT2D eigenvalue weighted by molar-refractivity contribution is -0.148. The van der Waals surface area contributed by atoms with Crippen LogP contribution in [0, 0.1) is 5.92 Å². The van der Waals surface area contributed by atoms with E-state index in [4.69, 9.17) is 16.3 Å². The molecule has 0 aliphatic carbocycles. The van der Waals surface area contributed by atoms with Crippen LogP contribution in [0.25, 0.3) is 10.9 Å². The highest BCUT2D eigenvalue weighted by molar-refractivity contribution is 7.91. The fraction of sp³-hybridized carbons (Fsp3) is 0.304. The number of piperidine rings is 1. The smallest absolute Gasteiger partial charge is 0.310 e. The predicted octanol–water partition coefficient (Wildman–Crippen LogP) is 4.50. The van der Waals surface area contributed by atoms with Gasteiger partial charge >= 0.3 is 5.97 Å². The molecule has 1 aromatic heterocycles. The molecule has 31 heavy (non-hydrogen) atoms.